The molecule has 0 saturated carbocycles. The van der Waals surface area contributed by atoms with Crippen molar-refractivity contribution in [3.05, 3.63) is 101 Å². The van der Waals surface area contributed by atoms with Gasteiger partial charge in [-0.3, -0.25) is 4.79 Å². The molecule has 0 bridgehead atoms. The van der Waals surface area contributed by atoms with Crippen LogP contribution >= 0.6 is 11.3 Å². The molecule has 0 spiro atoms. The third-order valence-electron chi connectivity index (χ3n) is 4.29. The van der Waals surface area contributed by atoms with E-state index in [2.05, 4.69) is 5.32 Å². The molecule has 0 aliphatic rings. The number of nitrogens with zero attached hydrogens (tertiary/aromatic N) is 1. The Bertz CT molecular complexity index is 1110. The highest BCUT2D eigenvalue weighted by Crippen LogP contribution is 2.29. The molecule has 1 N–H and O–H groups in total. The second-order valence-corrected chi connectivity index (χ2v) is 7.16. The lowest BCUT2D eigenvalue weighted by Gasteiger charge is -2.07. The number of hydrogen-bond acceptors (Lipinski definition) is 3. The topological polar surface area (TPSA) is 42.0 Å². The first-order valence-corrected chi connectivity index (χ1v) is 9.71. The van der Waals surface area contributed by atoms with Crippen LogP contribution in [0, 0.1) is 5.82 Å². The maximum Gasteiger partial charge on any atom is 0.251 e. The van der Waals surface area contributed by atoms with Gasteiger partial charge in [0.15, 0.2) is 0 Å². The van der Waals surface area contributed by atoms with Crippen molar-refractivity contribution in [3.63, 3.8) is 0 Å². The molecule has 0 atom stereocenters. The highest BCUT2D eigenvalue weighted by molar-refractivity contribution is 7.13. The fourth-order valence-corrected chi connectivity index (χ4v) is 3.70. The van der Waals surface area contributed by atoms with Crippen LogP contribution in [0.2, 0.25) is 0 Å². The fraction of sp³-hybridized carbons (Fsp3) is 0.0435. The monoisotopic (exact) mass is 388 g/mol. The summed E-state index contributed by atoms with van der Waals surface area (Å²) in [5.74, 6) is -0.724. The van der Waals surface area contributed by atoms with Crippen molar-refractivity contribution in [3.8, 4) is 21.8 Å². The molecule has 138 valence electrons. The summed E-state index contributed by atoms with van der Waals surface area (Å²) in [5, 5.41) is 5.80. The smallest absolute Gasteiger partial charge is 0.251 e. The van der Waals surface area contributed by atoms with E-state index in [0.717, 1.165) is 27.4 Å². The van der Waals surface area contributed by atoms with Gasteiger partial charge in [0.05, 0.1) is 5.69 Å². The number of nitrogens with one attached hydrogen (secondary N) is 1. The molecular formula is C23H17FN2OS. The molecule has 1 aromatic heterocycles. The van der Waals surface area contributed by atoms with Crippen molar-refractivity contribution < 1.29 is 9.18 Å². The Hall–Kier alpha value is -3.31. The number of rotatable bonds is 5. The molecule has 0 aliphatic heterocycles. The number of halogens is 1. The van der Waals surface area contributed by atoms with Gasteiger partial charge in [-0.05, 0) is 29.8 Å². The molecule has 0 aliphatic carbocycles. The van der Waals surface area contributed by atoms with E-state index in [0.29, 0.717) is 12.1 Å². The molecule has 4 rings (SSSR count). The van der Waals surface area contributed by atoms with Gasteiger partial charge >= 0.3 is 0 Å². The quantitative estimate of drug-likeness (QED) is 0.487. The molecule has 5 heteroatoms. The standard InChI is InChI=1S/C23H17FN2OS/c24-20-11-5-9-18(13-20)22(27)25-14-16-6-4-10-19(12-16)23-26-21(15-28-23)17-7-2-1-3-8-17/h1-13,15H,14H2,(H,25,27). The third kappa shape index (κ3) is 4.15. The highest BCUT2D eigenvalue weighted by atomic mass is 32.1. The minimum atomic E-state index is -0.423. The predicted molar refractivity (Wildman–Crippen MR) is 111 cm³/mol. The van der Waals surface area contributed by atoms with Crippen LogP contribution in [0.25, 0.3) is 21.8 Å². The zero-order valence-corrected chi connectivity index (χ0v) is 15.7. The number of carbonyl (C=O) groups is 1. The van der Waals surface area contributed by atoms with Crippen molar-refractivity contribution >= 4 is 17.2 Å². The number of hydrogen-bond donors (Lipinski definition) is 1. The number of amides is 1. The Morgan fingerprint density at radius 2 is 1.71 bits per heavy atom. The van der Waals surface area contributed by atoms with Crippen LogP contribution in [0.15, 0.2) is 84.2 Å². The van der Waals surface area contributed by atoms with Crippen LogP contribution in [0.4, 0.5) is 4.39 Å². The second kappa shape index (κ2) is 8.15. The molecule has 3 aromatic carbocycles. The summed E-state index contributed by atoms with van der Waals surface area (Å²) in [6.45, 7) is 0.361. The minimum absolute atomic E-state index is 0.300. The first-order valence-electron chi connectivity index (χ1n) is 8.83. The van der Waals surface area contributed by atoms with Crippen LogP contribution in [-0.4, -0.2) is 10.9 Å². The Morgan fingerprint density at radius 1 is 0.929 bits per heavy atom. The number of benzene rings is 3. The molecule has 0 fully saturated rings. The number of carbonyl (C=O) groups excluding carboxylic acids is 1. The summed E-state index contributed by atoms with van der Waals surface area (Å²) in [5.41, 5.74) is 4.31. The molecule has 1 heterocycles. The van der Waals surface area contributed by atoms with Gasteiger partial charge in [0.25, 0.3) is 5.91 Å². The van der Waals surface area contributed by atoms with Crippen LogP contribution in [0.5, 0.6) is 0 Å². The van der Waals surface area contributed by atoms with Crippen molar-refractivity contribution in [1.29, 1.82) is 0 Å². The van der Waals surface area contributed by atoms with Crippen LogP contribution in [0.3, 0.4) is 0 Å². The molecule has 0 radical (unpaired) electrons. The van der Waals surface area contributed by atoms with E-state index in [9.17, 15) is 9.18 Å². The first-order chi connectivity index (χ1) is 13.7. The van der Waals surface area contributed by atoms with Gasteiger partial charge in [-0.15, -0.1) is 11.3 Å². The molecule has 3 nitrogen and oxygen atoms in total. The van der Waals surface area contributed by atoms with Crippen LogP contribution in [-0.2, 0) is 6.54 Å². The van der Waals surface area contributed by atoms with Gasteiger partial charge in [-0.25, -0.2) is 9.37 Å². The van der Waals surface area contributed by atoms with E-state index >= 15 is 0 Å². The fourth-order valence-electron chi connectivity index (χ4n) is 2.88. The van der Waals surface area contributed by atoms with E-state index in [1.54, 1.807) is 17.4 Å². The maximum absolute atomic E-state index is 13.3. The predicted octanol–water partition coefficient (Wildman–Crippen LogP) is 5.55. The van der Waals surface area contributed by atoms with Crippen molar-refractivity contribution in [2.75, 3.05) is 0 Å². The average Bonchev–Trinajstić information content (AvgIpc) is 3.23. The molecule has 1 amide bonds. The second-order valence-electron chi connectivity index (χ2n) is 6.30. The Morgan fingerprint density at radius 3 is 2.54 bits per heavy atom. The Kier molecular flexibility index (Phi) is 5.26. The SMILES string of the molecule is O=C(NCc1cccc(-c2nc(-c3ccccc3)cs2)c1)c1cccc(F)c1. The van der Waals surface area contributed by atoms with E-state index in [1.165, 1.54) is 18.2 Å². The van der Waals surface area contributed by atoms with Crippen LogP contribution < -0.4 is 5.32 Å². The zero-order valence-electron chi connectivity index (χ0n) is 14.9. The lowest BCUT2D eigenvalue weighted by molar-refractivity contribution is 0.0950. The summed E-state index contributed by atoms with van der Waals surface area (Å²) in [4.78, 5) is 16.9. The number of aromatic nitrogens is 1. The lowest BCUT2D eigenvalue weighted by Crippen LogP contribution is -2.22. The summed E-state index contributed by atoms with van der Waals surface area (Å²) in [7, 11) is 0. The van der Waals surface area contributed by atoms with E-state index < -0.39 is 5.82 Å². The zero-order chi connectivity index (χ0) is 19.3. The van der Waals surface area contributed by atoms with Crippen molar-refractivity contribution in [1.82, 2.24) is 10.3 Å². The summed E-state index contributed by atoms with van der Waals surface area (Å²) in [6.07, 6.45) is 0. The lowest BCUT2D eigenvalue weighted by atomic mass is 10.1. The summed E-state index contributed by atoms with van der Waals surface area (Å²) < 4.78 is 13.3. The number of thiazole rings is 1. The molecular weight excluding hydrogens is 371 g/mol. The van der Waals surface area contributed by atoms with Crippen molar-refractivity contribution in [2.24, 2.45) is 0 Å². The summed E-state index contributed by atoms with van der Waals surface area (Å²) >= 11 is 1.59. The van der Waals surface area contributed by atoms with E-state index in [1.807, 2.05) is 60.0 Å². The Labute approximate surface area is 166 Å². The minimum Gasteiger partial charge on any atom is -0.348 e. The molecule has 28 heavy (non-hydrogen) atoms. The average molecular weight is 388 g/mol. The maximum atomic E-state index is 13.3. The van der Waals surface area contributed by atoms with Gasteiger partial charge in [0.2, 0.25) is 0 Å². The highest BCUT2D eigenvalue weighted by Gasteiger charge is 2.09. The molecule has 0 unspecified atom stereocenters. The molecule has 4 aromatic rings. The first kappa shape index (κ1) is 18.1. The Balaban J connectivity index is 1.48. The van der Waals surface area contributed by atoms with Gasteiger partial charge in [-0.1, -0.05) is 54.6 Å². The third-order valence-corrected chi connectivity index (χ3v) is 5.18. The summed E-state index contributed by atoms with van der Waals surface area (Å²) in [6, 6.07) is 23.6. The van der Waals surface area contributed by atoms with Crippen molar-refractivity contribution in [2.45, 2.75) is 6.54 Å². The van der Waals surface area contributed by atoms with E-state index in [-0.39, 0.29) is 5.91 Å². The van der Waals surface area contributed by atoms with Gasteiger partial charge in [0.1, 0.15) is 10.8 Å². The van der Waals surface area contributed by atoms with Gasteiger partial charge in [0, 0.05) is 28.6 Å². The van der Waals surface area contributed by atoms with Gasteiger partial charge in [-0.2, -0.15) is 0 Å². The normalized spacial score (nSPS) is 10.6. The largest absolute Gasteiger partial charge is 0.348 e. The van der Waals surface area contributed by atoms with Crippen LogP contribution in [0.1, 0.15) is 15.9 Å². The van der Waals surface area contributed by atoms with Gasteiger partial charge < -0.3 is 5.32 Å². The molecule has 0 saturated heterocycles. The van der Waals surface area contributed by atoms with E-state index in [4.69, 9.17) is 4.98 Å².